The van der Waals surface area contributed by atoms with E-state index in [0.29, 0.717) is 26.3 Å². The number of morpholine rings is 1. The van der Waals surface area contributed by atoms with Gasteiger partial charge in [0, 0.05) is 45.0 Å². The lowest BCUT2D eigenvalue weighted by molar-refractivity contribution is 0.122. The number of rotatable bonds is 6. The third-order valence-corrected chi connectivity index (χ3v) is 6.79. The summed E-state index contributed by atoms with van der Waals surface area (Å²) in [6.07, 6.45) is 2.15. The first-order chi connectivity index (χ1) is 14.0. The minimum atomic E-state index is -3.63. The molecular weight excluding hydrogens is 395 g/mol. The normalized spacial score (nSPS) is 20.9. The number of halogens is 1. The van der Waals surface area contributed by atoms with Crippen LogP contribution in [0.4, 0.5) is 10.2 Å². The molecule has 2 aliphatic rings. The quantitative estimate of drug-likeness (QED) is 0.765. The molecule has 1 atom stereocenters. The summed E-state index contributed by atoms with van der Waals surface area (Å²) in [4.78, 5) is 8.75. The van der Waals surface area contributed by atoms with Crippen LogP contribution in [0.3, 0.4) is 0 Å². The monoisotopic (exact) mass is 420 g/mol. The summed E-state index contributed by atoms with van der Waals surface area (Å²) < 4.78 is 46.6. The van der Waals surface area contributed by atoms with Crippen LogP contribution in [0.1, 0.15) is 12.0 Å². The van der Waals surface area contributed by atoms with Crippen molar-refractivity contribution >= 4 is 15.8 Å². The number of hydrogen-bond donors (Lipinski definition) is 1. The molecule has 156 valence electrons. The van der Waals surface area contributed by atoms with E-state index in [9.17, 15) is 12.8 Å². The maximum atomic E-state index is 13.0. The van der Waals surface area contributed by atoms with E-state index in [4.69, 9.17) is 4.74 Å². The Kier molecular flexibility index (Phi) is 6.09. The predicted octanol–water partition coefficient (Wildman–Crippen LogP) is 1.61. The fourth-order valence-corrected chi connectivity index (χ4v) is 4.92. The van der Waals surface area contributed by atoms with Crippen LogP contribution in [0, 0.1) is 5.82 Å². The van der Waals surface area contributed by atoms with E-state index in [2.05, 4.69) is 19.5 Å². The number of pyridine rings is 1. The average Bonchev–Trinajstić information content (AvgIpc) is 3.16. The molecule has 3 heterocycles. The Morgan fingerprint density at radius 3 is 2.55 bits per heavy atom. The molecule has 4 rings (SSSR count). The van der Waals surface area contributed by atoms with Crippen molar-refractivity contribution in [2.75, 3.05) is 44.3 Å². The summed E-state index contributed by atoms with van der Waals surface area (Å²) in [6, 6.07) is 9.60. The van der Waals surface area contributed by atoms with Crippen molar-refractivity contribution in [1.82, 2.24) is 14.6 Å². The van der Waals surface area contributed by atoms with E-state index in [1.807, 2.05) is 0 Å². The second-order valence-corrected chi connectivity index (χ2v) is 9.13. The lowest BCUT2D eigenvalue weighted by atomic mass is 10.2. The third kappa shape index (κ3) is 5.11. The predicted molar refractivity (Wildman–Crippen MR) is 108 cm³/mol. The summed E-state index contributed by atoms with van der Waals surface area (Å²) in [5, 5.41) is 0. The number of sulfonamides is 1. The van der Waals surface area contributed by atoms with Gasteiger partial charge in [0.25, 0.3) is 0 Å². The van der Waals surface area contributed by atoms with Gasteiger partial charge in [0.1, 0.15) is 16.5 Å². The highest BCUT2D eigenvalue weighted by Crippen LogP contribution is 2.19. The summed E-state index contributed by atoms with van der Waals surface area (Å²) in [5.74, 6) is 0.507. The Bertz CT molecular complexity index is 916. The highest BCUT2D eigenvalue weighted by molar-refractivity contribution is 7.89. The molecule has 1 N–H and O–H groups in total. The van der Waals surface area contributed by atoms with Gasteiger partial charge in [-0.1, -0.05) is 12.1 Å². The van der Waals surface area contributed by atoms with Gasteiger partial charge >= 0.3 is 0 Å². The largest absolute Gasteiger partial charge is 0.378 e. The van der Waals surface area contributed by atoms with Crippen molar-refractivity contribution in [3.05, 3.63) is 54.0 Å². The Labute approximate surface area is 170 Å². The summed E-state index contributed by atoms with van der Waals surface area (Å²) in [7, 11) is -3.63. The van der Waals surface area contributed by atoms with Crippen molar-refractivity contribution in [2.45, 2.75) is 23.9 Å². The molecule has 29 heavy (non-hydrogen) atoms. The standard InChI is InChI=1S/C20H25FN4O3S/c21-17-3-1-16(2-4-17)14-24-8-7-18(15-24)23-29(26,27)19-5-6-20(22-13-19)25-9-11-28-12-10-25/h1-6,13,18,23H,7-12,14-15H2. The first-order valence-corrected chi connectivity index (χ1v) is 11.3. The molecular formula is C20H25FN4O3S. The topological polar surface area (TPSA) is 74.8 Å². The number of ether oxygens (including phenoxy) is 1. The molecule has 0 saturated carbocycles. The fraction of sp³-hybridized carbons (Fsp3) is 0.450. The molecule has 0 bridgehead atoms. The molecule has 2 saturated heterocycles. The van der Waals surface area contributed by atoms with Gasteiger partial charge in [-0.3, -0.25) is 4.90 Å². The van der Waals surface area contributed by atoms with Crippen molar-refractivity contribution in [2.24, 2.45) is 0 Å². The third-order valence-electron chi connectivity index (χ3n) is 5.28. The summed E-state index contributed by atoms with van der Waals surface area (Å²) in [5.41, 5.74) is 1.01. The van der Waals surface area contributed by atoms with Gasteiger partial charge in [-0.05, 0) is 36.2 Å². The van der Waals surface area contributed by atoms with Gasteiger partial charge in [-0.25, -0.2) is 22.5 Å². The van der Waals surface area contributed by atoms with Crippen LogP contribution in [0.25, 0.3) is 0 Å². The van der Waals surface area contributed by atoms with Crippen molar-refractivity contribution in [3.63, 3.8) is 0 Å². The Balaban J connectivity index is 1.34. The maximum Gasteiger partial charge on any atom is 0.242 e. The highest BCUT2D eigenvalue weighted by atomic mass is 32.2. The number of anilines is 1. The van der Waals surface area contributed by atoms with Gasteiger partial charge in [-0.2, -0.15) is 0 Å². The molecule has 9 heteroatoms. The number of hydrogen-bond acceptors (Lipinski definition) is 6. The minimum Gasteiger partial charge on any atom is -0.378 e. The molecule has 7 nitrogen and oxygen atoms in total. The van der Waals surface area contributed by atoms with E-state index in [1.54, 1.807) is 24.3 Å². The Hall–Kier alpha value is -2.07. The Morgan fingerprint density at radius 1 is 1.10 bits per heavy atom. The zero-order chi connectivity index (χ0) is 20.3. The summed E-state index contributed by atoms with van der Waals surface area (Å²) in [6.45, 7) is 4.90. The van der Waals surface area contributed by atoms with Gasteiger partial charge in [0.15, 0.2) is 0 Å². The molecule has 2 aliphatic heterocycles. The number of aromatic nitrogens is 1. The first-order valence-electron chi connectivity index (χ1n) is 9.77. The zero-order valence-electron chi connectivity index (χ0n) is 16.1. The molecule has 1 unspecified atom stereocenters. The lowest BCUT2D eigenvalue weighted by Gasteiger charge is -2.27. The van der Waals surface area contributed by atoms with Gasteiger partial charge in [0.2, 0.25) is 10.0 Å². The average molecular weight is 421 g/mol. The Morgan fingerprint density at radius 2 is 1.86 bits per heavy atom. The SMILES string of the molecule is O=S(=O)(NC1CCN(Cc2ccc(F)cc2)C1)c1ccc(N2CCOCC2)nc1. The molecule has 0 aliphatic carbocycles. The first kappa shape index (κ1) is 20.2. The second kappa shape index (κ2) is 8.74. The molecule has 1 aromatic heterocycles. The molecule has 0 radical (unpaired) electrons. The number of benzene rings is 1. The van der Waals surface area contributed by atoms with E-state index < -0.39 is 10.0 Å². The van der Waals surface area contributed by atoms with E-state index >= 15 is 0 Å². The van der Waals surface area contributed by atoms with Crippen molar-refractivity contribution in [3.8, 4) is 0 Å². The van der Waals surface area contributed by atoms with Crippen LogP contribution in [-0.2, 0) is 21.3 Å². The minimum absolute atomic E-state index is 0.153. The van der Waals surface area contributed by atoms with Gasteiger partial charge < -0.3 is 9.64 Å². The number of nitrogens with one attached hydrogen (secondary N) is 1. The van der Waals surface area contributed by atoms with E-state index in [1.165, 1.54) is 18.3 Å². The van der Waals surface area contributed by atoms with Crippen LogP contribution in [-0.4, -0.2) is 63.7 Å². The maximum absolute atomic E-state index is 13.0. The highest BCUT2D eigenvalue weighted by Gasteiger charge is 2.27. The molecule has 1 aromatic carbocycles. The number of likely N-dealkylation sites (tertiary alicyclic amines) is 1. The molecule has 2 aromatic rings. The van der Waals surface area contributed by atoms with Crippen LogP contribution in [0.2, 0.25) is 0 Å². The van der Waals surface area contributed by atoms with Crippen LogP contribution < -0.4 is 9.62 Å². The number of nitrogens with zero attached hydrogens (tertiary/aromatic N) is 3. The van der Waals surface area contributed by atoms with E-state index in [-0.39, 0.29) is 16.8 Å². The van der Waals surface area contributed by atoms with Gasteiger partial charge in [-0.15, -0.1) is 0 Å². The van der Waals surface area contributed by atoms with Crippen LogP contribution >= 0.6 is 0 Å². The molecule has 2 fully saturated rings. The molecule has 0 amide bonds. The smallest absolute Gasteiger partial charge is 0.242 e. The molecule has 0 spiro atoms. The summed E-state index contributed by atoms with van der Waals surface area (Å²) >= 11 is 0. The van der Waals surface area contributed by atoms with Crippen molar-refractivity contribution < 1.29 is 17.5 Å². The van der Waals surface area contributed by atoms with E-state index in [0.717, 1.165) is 37.4 Å². The van der Waals surface area contributed by atoms with Crippen LogP contribution in [0.15, 0.2) is 47.5 Å². The fourth-order valence-electron chi connectivity index (χ4n) is 3.72. The lowest BCUT2D eigenvalue weighted by Crippen LogP contribution is -2.37. The second-order valence-electron chi connectivity index (χ2n) is 7.42. The zero-order valence-corrected chi connectivity index (χ0v) is 16.9. The van der Waals surface area contributed by atoms with Crippen molar-refractivity contribution in [1.29, 1.82) is 0 Å². The van der Waals surface area contributed by atoms with Gasteiger partial charge in [0.05, 0.1) is 13.2 Å². The van der Waals surface area contributed by atoms with Crippen LogP contribution in [0.5, 0.6) is 0 Å².